The molecule has 0 radical (unpaired) electrons. The summed E-state index contributed by atoms with van der Waals surface area (Å²) in [6.45, 7) is 5.36. The molecule has 1 aliphatic carbocycles. The summed E-state index contributed by atoms with van der Waals surface area (Å²) in [4.78, 5) is 21.9. The van der Waals surface area contributed by atoms with Gasteiger partial charge in [0.15, 0.2) is 0 Å². The van der Waals surface area contributed by atoms with Crippen LogP contribution in [0.1, 0.15) is 58.3 Å². The molecule has 2 aliphatic heterocycles. The number of hydrogen-bond acceptors (Lipinski definition) is 6. The number of halogens is 1. The van der Waals surface area contributed by atoms with E-state index >= 15 is 0 Å². The number of benzene rings is 2. The zero-order chi connectivity index (χ0) is 27.6. The Balaban J connectivity index is 1.22. The summed E-state index contributed by atoms with van der Waals surface area (Å²) in [5, 5.41) is 12.5. The van der Waals surface area contributed by atoms with E-state index in [9.17, 15) is 4.79 Å². The number of likely N-dealkylation sites (tertiary alicyclic amines) is 1. The van der Waals surface area contributed by atoms with Gasteiger partial charge in [-0.05, 0) is 86.5 Å². The van der Waals surface area contributed by atoms with E-state index in [1.165, 1.54) is 49.9 Å². The first-order chi connectivity index (χ1) is 19.5. The molecule has 1 amide bonds. The Bertz CT molecular complexity index is 1430. The fourth-order valence-corrected chi connectivity index (χ4v) is 6.68. The molecule has 3 aromatic rings. The minimum absolute atomic E-state index is 0.0808. The third-order valence-electron chi connectivity index (χ3n) is 8.77. The van der Waals surface area contributed by atoms with Crippen molar-refractivity contribution in [2.24, 2.45) is 0 Å². The zero-order valence-electron chi connectivity index (χ0n) is 22.9. The Labute approximate surface area is 241 Å². The first-order valence-corrected chi connectivity index (χ1v) is 14.9. The number of hydrogen-bond donors (Lipinski definition) is 3. The fourth-order valence-electron chi connectivity index (χ4n) is 6.41. The van der Waals surface area contributed by atoms with Crippen molar-refractivity contribution in [3.63, 3.8) is 0 Å². The lowest BCUT2D eigenvalue weighted by atomic mass is 9.95. The first-order valence-electron chi connectivity index (χ1n) is 14.5. The number of amides is 1. The molecule has 2 saturated heterocycles. The third-order valence-corrected chi connectivity index (χ3v) is 9.08. The van der Waals surface area contributed by atoms with Gasteiger partial charge in [-0.3, -0.25) is 10.2 Å². The van der Waals surface area contributed by atoms with Gasteiger partial charge in [-0.15, -0.1) is 0 Å². The van der Waals surface area contributed by atoms with E-state index in [2.05, 4.69) is 33.4 Å². The van der Waals surface area contributed by atoms with E-state index in [-0.39, 0.29) is 11.6 Å². The maximum Gasteiger partial charge on any atom is 0.255 e. The Morgan fingerprint density at radius 3 is 2.42 bits per heavy atom. The van der Waals surface area contributed by atoms with Crippen molar-refractivity contribution in [3.8, 4) is 11.1 Å². The predicted octanol–water partition coefficient (Wildman–Crippen LogP) is 4.79. The molecule has 1 aromatic heterocycles. The summed E-state index contributed by atoms with van der Waals surface area (Å²) in [5.41, 5.74) is 13.0. The van der Waals surface area contributed by atoms with Crippen LogP contribution in [-0.4, -0.2) is 71.7 Å². The van der Waals surface area contributed by atoms with Gasteiger partial charge in [-0.25, -0.2) is 4.98 Å². The van der Waals surface area contributed by atoms with Crippen LogP contribution in [0.4, 0.5) is 5.82 Å². The molecule has 0 spiro atoms. The van der Waals surface area contributed by atoms with Crippen molar-refractivity contribution >= 4 is 29.0 Å². The number of carbonyl (C=O) groups excluding carboxylic acids is 1. The molecule has 4 N–H and O–H groups in total. The van der Waals surface area contributed by atoms with Crippen molar-refractivity contribution in [2.75, 3.05) is 45.0 Å². The number of fused-ring (bicyclic) bond motifs is 1. The average Bonchev–Trinajstić information content (AvgIpc) is 3.44. The number of carbonyl (C=O) groups is 1. The molecule has 2 aromatic carbocycles. The lowest BCUT2D eigenvalue weighted by Crippen LogP contribution is -2.46. The van der Waals surface area contributed by atoms with Crippen LogP contribution in [0.5, 0.6) is 0 Å². The summed E-state index contributed by atoms with van der Waals surface area (Å²) in [6.07, 6.45) is 9.12. The number of pyridine rings is 1. The quantitative estimate of drug-likeness (QED) is 0.310. The third kappa shape index (κ3) is 5.51. The number of rotatable bonds is 5. The molecular formula is C32H37ClN6O. The smallest absolute Gasteiger partial charge is 0.255 e. The van der Waals surface area contributed by atoms with Crippen LogP contribution in [-0.2, 0) is 12.8 Å². The largest absolute Gasteiger partial charge is 0.383 e. The molecule has 1 unspecified atom stereocenters. The molecule has 7 nitrogen and oxygen atoms in total. The highest BCUT2D eigenvalue weighted by atomic mass is 35.5. The number of anilines is 1. The second-order valence-corrected chi connectivity index (χ2v) is 11.6. The maximum absolute atomic E-state index is 13.0. The first kappa shape index (κ1) is 26.9. The number of piperazine rings is 1. The molecule has 6 rings (SSSR count). The van der Waals surface area contributed by atoms with E-state index in [0.29, 0.717) is 46.7 Å². The summed E-state index contributed by atoms with van der Waals surface area (Å²) in [7, 11) is 0. The van der Waals surface area contributed by atoms with Gasteiger partial charge in [0.2, 0.25) is 0 Å². The van der Waals surface area contributed by atoms with Gasteiger partial charge in [-0.1, -0.05) is 35.9 Å². The van der Waals surface area contributed by atoms with Gasteiger partial charge >= 0.3 is 0 Å². The number of nitrogens with two attached hydrogens (primary N) is 1. The molecule has 208 valence electrons. The van der Waals surface area contributed by atoms with Crippen LogP contribution >= 0.6 is 11.6 Å². The minimum Gasteiger partial charge on any atom is -0.383 e. The summed E-state index contributed by atoms with van der Waals surface area (Å²) < 4.78 is 0. The predicted molar refractivity (Wildman–Crippen MR) is 161 cm³/mol. The van der Waals surface area contributed by atoms with Crippen LogP contribution in [0.15, 0.2) is 48.7 Å². The standard InChI is InChI=1S/C32H37ClN6O/c33-29-19-24(7-10-27(29)32(40)39-15-11-36-12-16-39)30(34)28-18-25(20-37-31(28)35)23-4-3-21-5-8-26(9-6-22(21)17-23)38-13-1-2-14-38/h3-4,7,10,17-20,26,34,36H,1-2,5-6,8-9,11-16H2,(H2,35,37). The summed E-state index contributed by atoms with van der Waals surface area (Å²) >= 11 is 6.56. The van der Waals surface area contributed by atoms with Crippen molar-refractivity contribution < 1.29 is 4.79 Å². The van der Waals surface area contributed by atoms with E-state index in [0.717, 1.165) is 37.1 Å². The van der Waals surface area contributed by atoms with Crippen LogP contribution in [0.2, 0.25) is 5.02 Å². The van der Waals surface area contributed by atoms with Gasteiger partial charge in [0.05, 0.1) is 16.3 Å². The highest BCUT2D eigenvalue weighted by molar-refractivity contribution is 6.34. The van der Waals surface area contributed by atoms with Crippen LogP contribution in [0.3, 0.4) is 0 Å². The summed E-state index contributed by atoms with van der Waals surface area (Å²) in [5.74, 6) is 0.219. The van der Waals surface area contributed by atoms with Gasteiger partial charge < -0.3 is 20.9 Å². The molecule has 40 heavy (non-hydrogen) atoms. The topological polar surface area (TPSA) is 98.3 Å². The van der Waals surface area contributed by atoms with Crippen LogP contribution < -0.4 is 11.1 Å². The minimum atomic E-state index is -0.0808. The Hall–Kier alpha value is -3.26. The maximum atomic E-state index is 13.0. The van der Waals surface area contributed by atoms with E-state index in [4.69, 9.17) is 22.7 Å². The molecule has 3 aliphatic rings. The number of aryl methyl sites for hydroxylation is 2. The molecule has 0 saturated carbocycles. The number of nitrogens with zero attached hydrogens (tertiary/aromatic N) is 3. The highest BCUT2D eigenvalue weighted by Gasteiger charge is 2.25. The molecule has 3 heterocycles. The lowest BCUT2D eigenvalue weighted by molar-refractivity contribution is 0.0736. The Morgan fingerprint density at radius 2 is 1.68 bits per heavy atom. The van der Waals surface area contributed by atoms with Crippen LogP contribution in [0.25, 0.3) is 11.1 Å². The van der Waals surface area contributed by atoms with Gasteiger partial charge in [0.1, 0.15) is 5.82 Å². The monoisotopic (exact) mass is 556 g/mol. The Kier molecular flexibility index (Phi) is 7.87. The van der Waals surface area contributed by atoms with Crippen molar-refractivity contribution in [1.82, 2.24) is 20.1 Å². The van der Waals surface area contributed by atoms with Gasteiger partial charge in [0.25, 0.3) is 5.91 Å². The normalized spacial score (nSPS) is 19.7. The second-order valence-electron chi connectivity index (χ2n) is 11.2. The SMILES string of the molecule is N=C(c1ccc(C(=O)N2CCNCC2)c(Cl)c1)c1cc(-c2ccc3c(c2)CCC(N2CCCC2)CC3)cnc1N. The Morgan fingerprint density at radius 1 is 0.925 bits per heavy atom. The highest BCUT2D eigenvalue weighted by Crippen LogP contribution is 2.31. The van der Waals surface area contributed by atoms with Gasteiger partial charge in [-0.2, -0.15) is 0 Å². The average molecular weight is 557 g/mol. The van der Waals surface area contributed by atoms with Crippen molar-refractivity contribution in [1.29, 1.82) is 5.41 Å². The van der Waals surface area contributed by atoms with E-state index in [1.807, 2.05) is 6.07 Å². The van der Waals surface area contributed by atoms with Crippen molar-refractivity contribution in [2.45, 2.75) is 44.6 Å². The molecule has 2 fully saturated rings. The van der Waals surface area contributed by atoms with Gasteiger partial charge in [0, 0.05) is 55.1 Å². The number of nitrogens with one attached hydrogen (secondary N) is 2. The molecule has 1 atom stereocenters. The van der Waals surface area contributed by atoms with Crippen LogP contribution in [0, 0.1) is 5.41 Å². The molecule has 8 heteroatoms. The molecular weight excluding hydrogens is 520 g/mol. The number of nitrogen functional groups attached to an aromatic ring is 1. The van der Waals surface area contributed by atoms with Crippen molar-refractivity contribution in [3.05, 3.63) is 81.5 Å². The fraction of sp³-hybridized carbons (Fsp3) is 0.406. The lowest BCUT2D eigenvalue weighted by Gasteiger charge is -2.27. The summed E-state index contributed by atoms with van der Waals surface area (Å²) in [6, 6.07) is 14.6. The zero-order valence-corrected chi connectivity index (χ0v) is 23.6. The van der Waals surface area contributed by atoms with E-state index < -0.39 is 0 Å². The molecule has 0 bridgehead atoms. The second kappa shape index (κ2) is 11.7. The van der Waals surface area contributed by atoms with E-state index in [1.54, 1.807) is 29.3 Å². The number of aromatic nitrogens is 1.